The van der Waals surface area contributed by atoms with Crippen LogP contribution in [0.4, 0.5) is 5.69 Å². The number of rotatable bonds is 5. The van der Waals surface area contributed by atoms with Crippen molar-refractivity contribution in [2.24, 2.45) is 0 Å². The molecule has 146 valence electrons. The van der Waals surface area contributed by atoms with E-state index in [1.165, 1.54) is 0 Å². The number of carboxylic acids is 1. The molecule has 2 N–H and O–H groups in total. The van der Waals surface area contributed by atoms with Crippen molar-refractivity contribution >= 4 is 38.5 Å². The number of carboxylic acid groups (broad SMARTS) is 1. The highest BCUT2D eigenvalue weighted by atomic mass is 79.9. The van der Waals surface area contributed by atoms with Gasteiger partial charge >= 0.3 is 5.97 Å². The average molecular weight is 452 g/mol. The summed E-state index contributed by atoms with van der Waals surface area (Å²) in [6.45, 7) is 3.87. The van der Waals surface area contributed by atoms with Gasteiger partial charge in [0.15, 0.2) is 0 Å². The highest BCUT2D eigenvalue weighted by molar-refractivity contribution is 9.10. The van der Waals surface area contributed by atoms with E-state index in [2.05, 4.69) is 26.4 Å². The van der Waals surface area contributed by atoms with Crippen LogP contribution in [0.5, 0.6) is 0 Å². The van der Waals surface area contributed by atoms with Gasteiger partial charge in [-0.1, -0.05) is 29.4 Å². The van der Waals surface area contributed by atoms with E-state index < -0.39 is 5.97 Å². The monoisotopic (exact) mass is 451 g/mol. The van der Waals surface area contributed by atoms with Crippen molar-refractivity contribution in [1.82, 2.24) is 10.1 Å². The Morgan fingerprint density at radius 1 is 1.21 bits per heavy atom. The van der Waals surface area contributed by atoms with Crippen molar-refractivity contribution in [3.05, 3.63) is 76.1 Å². The number of aromatic carboxylic acids is 1. The van der Waals surface area contributed by atoms with Crippen LogP contribution in [0.3, 0.4) is 0 Å². The standard InChI is InChI=1S/C22H18BrN3O3/c1-12(24-19-8-4-3-6-15(19)22(27)28)14-7-5-9-20-16(14)10-18(23)21(25-20)17-11-29-26-13(17)2/h3-12,24H,1-2H3,(H,27,28)/t12-/m1/s1. The number of pyridine rings is 1. The van der Waals surface area contributed by atoms with Crippen molar-refractivity contribution in [3.63, 3.8) is 0 Å². The fourth-order valence-electron chi connectivity index (χ4n) is 3.39. The number of anilines is 1. The minimum atomic E-state index is -0.962. The Morgan fingerprint density at radius 2 is 2.00 bits per heavy atom. The summed E-state index contributed by atoms with van der Waals surface area (Å²) in [4.78, 5) is 16.3. The second-order valence-corrected chi connectivity index (χ2v) is 7.62. The topological polar surface area (TPSA) is 88.3 Å². The van der Waals surface area contributed by atoms with Crippen LogP contribution in [0.1, 0.15) is 34.6 Å². The number of halogens is 1. The Morgan fingerprint density at radius 3 is 2.72 bits per heavy atom. The summed E-state index contributed by atoms with van der Waals surface area (Å²) in [5.41, 5.74) is 5.05. The SMILES string of the molecule is Cc1nocc1-c1nc2cccc([C@@H](C)Nc3ccccc3C(=O)O)c2cc1Br. The number of fused-ring (bicyclic) bond motifs is 1. The maximum absolute atomic E-state index is 11.5. The fraction of sp³-hybridized carbons (Fsp3) is 0.136. The lowest BCUT2D eigenvalue weighted by Gasteiger charge is -2.19. The zero-order chi connectivity index (χ0) is 20.5. The molecule has 2 aromatic carbocycles. The van der Waals surface area contributed by atoms with Crippen molar-refractivity contribution in [2.75, 3.05) is 5.32 Å². The third-order valence-electron chi connectivity index (χ3n) is 4.85. The maximum Gasteiger partial charge on any atom is 0.337 e. The lowest BCUT2D eigenvalue weighted by atomic mass is 10.0. The van der Waals surface area contributed by atoms with Crippen molar-refractivity contribution in [3.8, 4) is 11.3 Å². The van der Waals surface area contributed by atoms with Crippen LogP contribution in [0.2, 0.25) is 0 Å². The van der Waals surface area contributed by atoms with Crippen LogP contribution in [0.15, 0.2) is 63.8 Å². The highest BCUT2D eigenvalue weighted by Crippen LogP contribution is 2.34. The van der Waals surface area contributed by atoms with Crippen LogP contribution in [0, 0.1) is 6.92 Å². The van der Waals surface area contributed by atoms with E-state index in [-0.39, 0.29) is 11.6 Å². The van der Waals surface area contributed by atoms with Crippen LogP contribution in [-0.4, -0.2) is 21.2 Å². The number of benzene rings is 2. The van der Waals surface area contributed by atoms with Gasteiger partial charge in [0.1, 0.15) is 6.26 Å². The average Bonchev–Trinajstić information content (AvgIpc) is 3.13. The molecule has 4 aromatic rings. The molecule has 0 saturated carbocycles. The molecule has 0 unspecified atom stereocenters. The molecule has 0 spiro atoms. The molecule has 29 heavy (non-hydrogen) atoms. The number of aromatic nitrogens is 2. The first-order chi connectivity index (χ1) is 14.0. The molecule has 0 amide bonds. The van der Waals surface area contributed by atoms with Gasteiger partial charge in [0, 0.05) is 21.6 Å². The lowest BCUT2D eigenvalue weighted by Crippen LogP contribution is -2.11. The molecular formula is C22H18BrN3O3. The first-order valence-corrected chi connectivity index (χ1v) is 9.84. The van der Waals surface area contributed by atoms with Gasteiger partial charge in [-0.05, 0) is 59.6 Å². The zero-order valence-corrected chi connectivity index (χ0v) is 17.4. The molecule has 4 rings (SSSR count). The second kappa shape index (κ2) is 7.67. The van der Waals surface area contributed by atoms with Gasteiger partial charge in [0.2, 0.25) is 0 Å². The zero-order valence-electron chi connectivity index (χ0n) is 15.8. The van der Waals surface area contributed by atoms with E-state index in [9.17, 15) is 9.90 Å². The summed E-state index contributed by atoms with van der Waals surface area (Å²) in [7, 11) is 0. The van der Waals surface area contributed by atoms with Gasteiger partial charge in [-0.2, -0.15) is 0 Å². The molecule has 2 heterocycles. The van der Waals surface area contributed by atoms with Crippen molar-refractivity contribution in [2.45, 2.75) is 19.9 Å². The first-order valence-electron chi connectivity index (χ1n) is 9.05. The number of nitrogens with zero attached hydrogens (tertiary/aromatic N) is 2. The summed E-state index contributed by atoms with van der Waals surface area (Å²) in [5.74, 6) is -0.962. The van der Waals surface area contributed by atoms with Crippen molar-refractivity contribution in [1.29, 1.82) is 0 Å². The maximum atomic E-state index is 11.5. The van der Waals surface area contributed by atoms with Crippen LogP contribution < -0.4 is 5.32 Å². The second-order valence-electron chi connectivity index (χ2n) is 6.76. The lowest BCUT2D eigenvalue weighted by molar-refractivity contribution is 0.0698. The summed E-state index contributed by atoms with van der Waals surface area (Å²) >= 11 is 3.62. The molecule has 0 fully saturated rings. The quantitative estimate of drug-likeness (QED) is 0.396. The first kappa shape index (κ1) is 19.1. The molecule has 0 bridgehead atoms. The molecular weight excluding hydrogens is 434 g/mol. The predicted molar refractivity (Wildman–Crippen MR) is 115 cm³/mol. The summed E-state index contributed by atoms with van der Waals surface area (Å²) in [6.07, 6.45) is 1.59. The van der Waals surface area contributed by atoms with Crippen LogP contribution in [0.25, 0.3) is 22.2 Å². The molecule has 7 heteroatoms. The van der Waals surface area contributed by atoms with E-state index in [1.807, 2.05) is 44.2 Å². The molecule has 6 nitrogen and oxygen atoms in total. The molecule has 1 atom stereocenters. The Bertz CT molecular complexity index is 1220. The van der Waals surface area contributed by atoms with Gasteiger partial charge in [0.05, 0.1) is 28.0 Å². The normalized spacial score (nSPS) is 12.1. The molecule has 0 radical (unpaired) electrons. The minimum absolute atomic E-state index is 0.129. The van der Waals surface area contributed by atoms with E-state index in [0.717, 1.165) is 37.9 Å². The van der Waals surface area contributed by atoms with E-state index in [1.54, 1.807) is 24.5 Å². The third-order valence-corrected chi connectivity index (χ3v) is 5.45. The van der Waals surface area contributed by atoms with Gasteiger partial charge in [-0.25, -0.2) is 9.78 Å². The predicted octanol–water partition coefficient (Wildman–Crippen LogP) is 5.83. The molecule has 0 aliphatic carbocycles. The Kier molecular flexibility index (Phi) is 5.07. The number of hydrogen-bond donors (Lipinski definition) is 2. The minimum Gasteiger partial charge on any atom is -0.478 e. The number of carbonyl (C=O) groups is 1. The van der Waals surface area contributed by atoms with Gasteiger partial charge in [-0.3, -0.25) is 0 Å². The smallest absolute Gasteiger partial charge is 0.337 e. The fourth-order valence-corrected chi connectivity index (χ4v) is 3.92. The summed E-state index contributed by atoms with van der Waals surface area (Å²) in [5, 5.41) is 17.7. The van der Waals surface area contributed by atoms with Gasteiger partial charge in [0.25, 0.3) is 0 Å². The Balaban J connectivity index is 1.76. The Hall–Kier alpha value is -3.19. The largest absolute Gasteiger partial charge is 0.478 e. The van der Waals surface area contributed by atoms with Crippen molar-refractivity contribution < 1.29 is 14.4 Å². The number of para-hydroxylation sites is 1. The van der Waals surface area contributed by atoms with Gasteiger partial charge < -0.3 is 14.9 Å². The molecule has 0 aliphatic rings. The highest BCUT2D eigenvalue weighted by Gasteiger charge is 2.17. The van der Waals surface area contributed by atoms with Crippen LogP contribution >= 0.6 is 15.9 Å². The third kappa shape index (κ3) is 3.61. The van der Waals surface area contributed by atoms with E-state index in [4.69, 9.17) is 9.51 Å². The number of nitrogens with one attached hydrogen (secondary N) is 1. The number of aryl methyl sites for hydroxylation is 1. The molecule has 2 aromatic heterocycles. The van der Waals surface area contributed by atoms with E-state index >= 15 is 0 Å². The van der Waals surface area contributed by atoms with E-state index in [0.29, 0.717) is 5.69 Å². The van der Waals surface area contributed by atoms with Gasteiger partial charge in [-0.15, -0.1) is 0 Å². The number of hydrogen-bond acceptors (Lipinski definition) is 5. The molecule has 0 saturated heterocycles. The molecule has 0 aliphatic heterocycles. The van der Waals surface area contributed by atoms with Crippen LogP contribution in [-0.2, 0) is 0 Å². The summed E-state index contributed by atoms with van der Waals surface area (Å²) < 4.78 is 5.89. The summed E-state index contributed by atoms with van der Waals surface area (Å²) in [6, 6.07) is 14.7. The Labute approximate surface area is 175 Å².